The third kappa shape index (κ3) is 7.10. The van der Waals surface area contributed by atoms with Gasteiger partial charge >= 0.3 is 0 Å². The van der Waals surface area contributed by atoms with Gasteiger partial charge in [0.05, 0.1) is 31.0 Å². The fraction of sp³-hybridized carbons (Fsp3) is 0.905. The number of aliphatic hydroxyl groups excluding tert-OH is 8. The molecule has 0 aromatic rings. The van der Waals surface area contributed by atoms with Crippen LogP contribution in [0.25, 0.3) is 0 Å². The van der Waals surface area contributed by atoms with Gasteiger partial charge in [-0.05, 0) is 125 Å². The lowest BCUT2D eigenvalue weighted by molar-refractivity contribution is -0.379. The van der Waals surface area contributed by atoms with Gasteiger partial charge in [-0.2, -0.15) is 0 Å². The number of fused-ring (bicyclic) bond motifs is 5. The van der Waals surface area contributed by atoms with Gasteiger partial charge in [0, 0.05) is 0 Å². The molecule has 0 amide bonds. The van der Waals surface area contributed by atoms with Gasteiger partial charge in [-0.1, -0.05) is 51.0 Å². The Bertz CT molecular complexity index is 1370. The van der Waals surface area contributed by atoms with Crippen LogP contribution in [-0.2, 0) is 18.9 Å². The topological polar surface area (TPSA) is 199 Å². The van der Waals surface area contributed by atoms with E-state index in [0.717, 1.165) is 25.7 Å². The zero-order valence-corrected chi connectivity index (χ0v) is 33.6. The molecule has 21 atom stereocenters. The standard InChI is InChI=1S/C42H70O12/c1-9-40(6)29(45)14-16-42(8)24-17-26(44)30-23(21(4)12-10-11-20(2)3)13-15-41(30,7)25(24)18-27(37(40)42)52-39-36(34(49)32(47)28(19-43)53-39)54-38-35(50)33(48)31(46)22(5)51-38/h11-12,22-39,43-50H,9-10,13-19H2,1-8H3/b21-12-/t22-,23+,24+,25+,26-,27+,28+,29+,30+,31-,32+,33+,34-,35+,36+,37+,38-,39+,40+,41+,42+/m0/s1. The average molecular weight is 767 g/mol. The Balaban J connectivity index is 1.37. The highest BCUT2D eigenvalue weighted by atomic mass is 16.8. The third-order valence-electron chi connectivity index (χ3n) is 15.8. The lowest BCUT2D eigenvalue weighted by Crippen LogP contribution is -2.68. The van der Waals surface area contributed by atoms with Gasteiger partial charge in [0.15, 0.2) is 12.6 Å². The molecule has 0 bridgehead atoms. The Morgan fingerprint density at radius 1 is 0.759 bits per heavy atom. The number of allylic oxidation sites excluding steroid dienone is 4. The molecule has 0 radical (unpaired) electrons. The highest BCUT2D eigenvalue weighted by molar-refractivity contribution is 5.21. The van der Waals surface area contributed by atoms with Crippen molar-refractivity contribution in [3.8, 4) is 0 Å². The number of hydrogen-bond donors (Lipinski definition) is 8. The molecule has 6 aliphatic rings. The fourth-order valence-corrected chi connectivity index (χ4v) is 12.6. The molecule has 54 heavy (non-hydrogen) atoms. The van der Waals surface area contributed by atoms with E-state index >= 15 is 0 Å². The predicted molar refractivity (Wildman–Crippen MR) is 199 cm³/mol. The van der Waals surface area contributed by atoms with Crippen molar-refractivity contribution in [1.82, 2.24) is 0 Å². The van der Waals surface area contributed by atoms with Gasteiger partial charge in [-0.3, -0.25) is 0 Å². The van der Waals surface area contributed by atoms with Crippen LogP contribution >= 0.6 is 0 Å². The maximum Gasteiger partial charge on any atom is 0.187 e. The van der Waals surface area contributed by atoms with Crippen LogP contribution in [0.4, 0.5) is 0 Å². The van der Waals surface area contributed by atoms with Gasteiger partial charge < -0.3 is 59.8 Å². The minimum atomic E-state index is -1.67. The van der Waals surface area contributed by atoms with Crippen LogP contribution in [0.5, 0.6) is 0 Å². The summed E-state index contributed by atoms with van der Waals surface area (Å²) >= 11 is 0. The van der Waals surface area contributed by atoms with Crippen molar-refractivity contribution >= 4 is 0 Å². The molecule has 2 saturated heterocycles. The lowest BCUT2D eigenvalue weighted by Gasteiger charge is -2.68. The maximum absolute atomic E-state index is 12.2. The molecule has 0 spiro atoms. The predicted octanol–water partition coefficient (Wildman–Crippen LogP) is 2.95. The molecule has 4 aliphatic carbocycles. The van der Waals surface area contributed by atoms with Gasteiger partial charge in [-0.25, -0.2) is 0 Å². The molecule has 0 unspecified atom stereocenters. The van der Waals surface area contributed by atoms with Crippen LogP contribution in [0.2, 0.25) is 0 Å². The summed E-state index contributed by atoms with van der Waals surface area (Å²) in [6.45, 7) is 16.2. The second-order valence-electron chi connectivity index (χ2n) is 19.0. The molecule has 310 valence electrons. The monoisotopic (exact) mass is 766 g/mol. The molecule has 12 heteroatoms. The van der Waals surface area contributed by atoms with Crippen LogP contribution in [-0.4, -0.2) is 127 Å². The Morgan fingerprint density at radius 3 is 2.07 bits per heavy atom. The van der Waals surface area contributed by atoms with E-state index in [1.165, 1.54) is 18.1 Å². The van der Waals surface area contributed by atoms with Crippen LogP contribution in [0, 0.1) is 45.8 Å². The van der Waals surface area contributed by atoms with Crippen molar-refractivity contribution < 1.29 is 59.8 Å². The minimum absolute atomic E-state index is 0.0701. The normalized spacial score (nSPS) is 53.7. The summed E-state index contributed by atoms with van der Waals surface area (Å²) < 4.78 is 25.2. The zero-order valence-electron chi connectivity index (χ0n) is 33.6. The van der Waals surface area contributed by atoms with E-state index in [-0.39, 0.29) is 40.4 Å². The molecule has 12 nitrogen and oxygen atoms in total. The van der Waals surface area contributed by atoms with Crippen LogP contribution in [0.15, 0.2) is 23.3 Å². The van der Waals surface area contributed by atoms with E-state index in [1.54, 1.807) is 0 Å². The summed E-state index contributed by atoms with van der Waals surface area (Å²) in [4.78, 5) is 0. The Kier molecular flexibility index (Phi) is 12.6. The van der Waals surface area contributed by atoms with Gasteiger partial charge in [-0.15, -0.1) is 0 Å². The Labute approximate surface area is 321 Å². The molecular formula is C42H70O12. The smallest absolute Gasteiger partial charge is 0.187 e. The summed E-state index contributed by atoms with van der Waals surface area (Å²) in [6.07, 6.45) is -5.05. The second kappa shape index (κ2) is 16.0. The maximum atomic E-state index is 12.2. The first kappa shape index (κ1) is 42.6. The lowest BCUT2D eigenvalue weighted by atomic mass is 9.38. The molecule has 6 rings (SSSR count). The molecule has 8 N–H and O–H groups in total. The van der Waals surface area contributed by atoms with Gasteiger partial charge in [0.1, 0.15) is 42.7 Å². The van der Waals surface area contributed by atoms with E-state index in [9.17, 15) is 40.9 Å². The van der Waals surface area contributed by atoms with Crippen LogP contribution in [0.3, 0.4) is 0 Å². The minimum Gasteiger partial charge on any atom is -0.394 e. The molecule has 2 aliphatic heterocycles. The summed E-state index contributed by atoms with van der Waals surface area (Å²) in [5.74, 6) is 0.473. The van der Waals surface area contributed by atoms with Crippen LogP contribution < -0.4 is 0 Å². The van der Waals surface area contributed by atoms with Crippen molar-refractivity contribution in [1.29, 1.82) is 0 Å². The highest BCUT2D eigenvalue weighted by Gasteiger charge is 2.69. The zero-order chi connectivity index (χ0) is 39.7. The fourth-order valence-electron chi connectivity index (χ4n) is 12.6. The van der Waals surface area contributed by atoms with E-state index in [0.29, 0.717) is 25.7 Å². The SMILES string of the molecule is CC[C@@]1(C)[C@H]2[C@H](O[C@@H]3O[C@H](CO)[C@@H](O)[C@H](O)[C@H]3O[C@@H]3O[C@@H](C)[C@H](O)[C@@H](O)[C@H]3O)C[C@@H]3[C@@H](C[C@H](O)[C@H]4[C@@H](/C(C)=C\CC=C(C)C)CC[C@@]43C)[C@@]2(C)CC[C@H]1O. The van der Waals surface area contributed by atoms with Crippen molar-refractivity contribution in [3.05, 3.63) is 23.3 Å². The molecule has 0 aromatic carbocycles. The van der Waals surface area contributed by atoms with Crippen LogP contribution in [0.1, 0.15) is 107 Å². The van der Waals surface area contributed by atoms with E-state index < -0.39 is 91.7 Å². The van der Waals surface area contributed by atoms with Crippen molar-refractivity contribution in [2.45, 2.75) is 186 Å². The van der Waals surface area contributed by atoms with Gasteiger partial charge in [0.25, 0.3) is 0 Å². The average Bonchev–Trinajstić information content (AvgIpc) is 3.50. The summed E-state index contributed by atoms with van der Waals surface area (Å²) in [5.41, 5.74) is 1.50. The molecule has 0 aromatic heterocycles. The summed E-state index contributed by atoms with van der Waals surface area (Å²) in [5, 5.41) is 88.3. The Hall–Kier alpha value is -1.00. The van der Waals surface area contributed by atoms with E-state index in [1.807, 2.05) is 0 Å². The van der Waals surface area contributed by atoms with Crippen molar-refractivity contribution in [2.24, 2.45) is 45.8 Å². The number of rotatable bonds is 9. The second-order valence-corrected chi connectivity index (χ2v) is 19.0. The number of hydrogen-bond acceptors (Lipinski definition) is 12. The molecule has 4 saturated carbocycles. The van der Waals surface area contributed by atoms with Gasteiger partial charge in [0.2, 0.25) is 0 Å². The first-order chi connectivity index (χ1) is 25.3. The molecule has 6 fully saturated rings. The third-order valence-corrected chi connectivity index (χ3v) is 15.8. The summed E-state index contributed by atoms with van der Waals surface area (Å²) in [7, 11) is 0. The molecular weight excluding hydrogens is 696 g/mol. The number of aliphatic hydroxyl groups is 8. The highest BCUT2D eigenvalue weighted by Crippen LogP contribution is 2.71. The van der Waals surface area contributed by atoms with E-state index in [4.69, 9.17) is 18.9 Å². The quantitative estimate of drug-likeness (QED) is 0.126. The number of ether oxygens (including phenoxy) is 4. The first-order valence-corrected chi connectivity index (χ1v) is 20.6. The summed E-state index contributed by atoms with van der Waals surface area (Å²) in [6, 6.07) is 0. The molecule has 2 heterocycles. The Morgan fingerprint density at radius 2 is 1.43 bits per heavy atom. The first-order valence-electron chi connectivity index (χ1n) is 20.6. The largest absolute Gasteiger partial charge is 0.394 e. The van der Waals surface area contributed by atoms with E-state index in [2.05, 4.69) is 60.6 Å². The van der Waals surface area contributed by atoms with Crippen molar-refractivity contribution in [3.63, 3.8) is 0 Å². The van der Waals surface area contributed by atoms with Crippen molar-refractivity contribution in [2.75, 3.05) is 6.61 Å².